The molecule has 1 N–H and O–H groups in total. The molecule has 140 heavy (non-hydrogen) atoms. The summed E-state index contributed by atoms with van der Waals surface area (Å²) < 4.78 is 152. The normalized spacial score (nSPS) is 18.5. The summed E-state index contributed by atoms with van der Waals surface area (Å²) in [5.41, 5.74) is 13.3. The predicted octanol–water partition coefficient (Wildman–Crippen LogP) is 19.8. The van der Waals surface area contributed by atoms with Gasteiger partial charge in [-0.3, -0.25) is 52.8 Å². The summed E-state index contributed by atoms with van der Waals surface area (Å²) in [6, 6.07) is 81.3. The van der Waals surface area contributed by atoms with Gasteiger partial charge in [0.25, 0.3) is 17.7 Å². The van der Waals surface area contributed by atoms with E-state index in [-0.39, 0.29) is 135 Å². The molecule has 29 heteroatoms. The van der Waals surface area contributed by atoms with Gasteiger partial charge in [-0.2, -0.15) is 0 Å². The van der Waals surface area contributed by atoms with Crippen molar-refractivity contribution >= 4 is 53.1 Å². The highest BCUT2D eigenvalue weighted by atomic mass is 35.5. The van der Waals surface area contributed by atoms with Crippen molar-refractivity contribution in [2.24, 2.45) is 0 Å². The van der Waals surface area contributed by atoms with E-state index in [2.05, 4.69) is 5.43 Å². The Labute approximate surface area is 805 Å². The highest BCUT2D eigenvalue weighted by Crippen LogP contribution is 2.64. The molecule has 0 spiro atoms. The van der Waals surface area contributed by atoms with Crippen LogP contribution in [0.2, 0.25) is 0 Å². The molecular formula is C111H80Cl2F9N9O9. The Kier molecular flexibility index (Phi) is 23.4. The van der Waals surface area contributed by atoms with Crippen LogP contribution in [-0.2, 0) is 81.1 Å². The van der Waals surface area contributed by atoms with Gasteiger partial charge in [-0.05, 0) is 180 Å². The Morgan fingerprint density at radius 3 is 1.29 bits per heavy atom. The minimum absolute atomic E-state index is 0.00667. The van der Waals surface area contributed by atoms with Crippen molar-refractivity contribution in [2.75, 3.05) is 35.4 Å². The summed E-state index contributed by atoms with van der Waals surface area (Å²) in [4.78, 5) is 83.7. The SMILES string of the molecule is Fc1ccc2c(c1F)CC1(Cl)Cc3ccccc3C21Cl.O=C1c2c(OCc3ccccc3)c(=O)ccn2N(C23C(=Cc4c2ccc(F)c4F)Cc2ccccc23)CN1Cc1cccc(F)c1.O=C1c2c(OCc3ccccc3)c(=O)ccn2N(C23C(=Cc4ccccc42)Cc2c3ccc(F)c2F)CN1Cc1cccc(F)c1.O=C1c2c(OCc3ccccc3)c(=O)ccn2NCN1Cc1cccc(F)c1. The van der Waals surface area contributed by atoms with Crippen molar-refractivity contribution in [3.05, 3.63) is 521 Å². The largest absolute Gasteiger partial charge is 0.482 e. The first kappa shape index (κ1) is 90.6. The number of benzene rings is 12. The van der Waals surface area contributed by atoms with Crippen molar-refractivity contribution in [1.82, 2.24) is 28.7 Å². The number of pyridine rings is 3. The second kappa shape index (κ2) is 36.2. The summed E-state index contributed by atoms with van der Waals surface area (Å²) in [5.74, 6) is -8.31. The number of amides is 3. The molecule has 3 aromatic heterocycles. The number of aromatic nitrogens is 3. The molecule has 6 aliphatic carbocycles. The topological polar surface area (TPSA) is 173 Å². The summed E-state index contributed by atoms with van der Waals surface area (Å²) >= 11 is 13.6. The molecule has 0 saturated heterocycles. The van der Waals surface area contributed by atoms with Gasteiger partial charge in [0.15, 0.2) is 69.2 Å². The first-order valence-electron chi connectivity index (χ1n) is 45.0. The van der Waals surface area contributed by atoms with Gasteiger partial charge in [-0.1, -0.05) is 224 Å². The maximum absolute atomic E-state index is 15.5. The van der Waals surface area contributed by atoms with Gasteiger partial charge in [-0.25, -0.2) is 39.5 Å². The Morgan fingerprint density at radius 1 is 0.343 bits per heavy atom. The lowest BCUT2D eigenvalue weighted by molar-refractivity contribution is 0.0642. The standard InChI is InChI=1S/2C37H26F3N3O3.C21H18FN3O3.C16H10Cl2F2/c2*38-27-11-6-9-24(17-27)20-41-22-43(42-16-15-32(44)35(34(42)36(41)45)46-21-23-7-2-1-3-8-23)37-26(18-25-10-4-5-12-29(25)37)19-28-30(37)13-14-31(39)33(28)40;22-17-8-4-7-16(11-17)12-24-14-23-25-10-9-18(26)20(19(25)21(24)27)28-13-15-5-2-1-3-6-15;17-15-7-9-3-1-2-4-11(9)16(15,18)12-5-6-13(19)14(20)10(12)8-15/h1-17,19H,18,20-22H2;1-18H,19-22H2;1-11,23H,12-14H2;1-6H,7-8H2. The molecule has 3 amide bonds. The van der Waals surface area contributed by atoms with Gasteiger partial charge in [0.1, 0.15) is 73.2 Å². The molecule has 6 heterocycles. The van der Waals surface area contributed by atoms with Gasteiger partial charge in [0, 0.05) is 74.0 Å². The molecule has 3 aliphatic heterocycles. The van der Waals surface area contributed by atoms with Crippen LogP contribution in [-0.4, -0.2) is 71.3 Å². The molecule has 4 atom stereocenters. The lowest BCUT2D eigenvalue weighted by Gasteiger charge is -2.49. The Bertz CT molecular complexity index is 7670. The van der Waals surface area contributed by atoms with E-state index in [4.69, 9.17) is 37.4 Å². The number of nitrogens with one attached hydrogen (secondary N) is 1. The number of nitrogens with zero attached hydrogens (tertiary/aromatic N) is 8. The molecule has 9 aliphatic rings. The first-order valence-corrected chi connectivity index (χ1v) is 45.7. The van der Waals surface area contributed by atoms with E-state index in [0.29, 0.717) is 51.8 Å². The van der Waals surface area contributed by atoms with Crippen LogP contribution in [0.3, 0.4) is 0 Å². The molecule has 12 aromatic carbocycles. The summed E-state index contributed by atoms with van der Waals surface area (Å²) in [6.45, 7) is 0.693. The van der Waals surface area contributed by atoms with Crippen molar-refractivity contribution in [3.63, 3.8) is 0 Å². The fourth-order valence-electron chi connectivity index (χ4n) is 20.9. The maximum atomic E-state index is 15.5. The number of rotatable bonds is 17. The van der Waals surface area contributed by atoms with Crippen LogP contribution in [0.15, 0.2) is 335 Å². The number of alkyl halides is 2. The first-order chi connectivity index (χ1) is 67.8. The molecule has 0 saturated carbocycles. The van der Waals surface area contributed by atoms with Gasteiger partial charge in [-0.15, -0.1) is 23.2 Å². The molecule has 24 rings (SSSR count). The summed E-state index contributed by atoms with van der Waals surface area (Å²) in [7, 11) is 0. The molecule has 4 unspecified atom stereocenters. The number of hydrogen-bond donors (Lipinski definition) is 1. The number of hydrogen-bond acceptors (Lipinski definition) is 12. The van der Waals surface area contributed by atoms with E-state index in [1.807, 2.05) is 180 Å². The zero-order chi connectivity index (χ0) is 96.8. The minimum atomic E-state index is -1.15. The average molecular weight is 1930 g/mol. The average Bonchev–Trinajstić information content (AvgIpc) is 1.53. The molecule has 700 valence electrons. The molecule has 0 fully saturated rings. The fourth-order valence-corrected chi connectivity index (χ4v) is 21.9. The van der Waals surface area contributed by atoms with Crippen LogP contribution in [0.4, 0.5) is 39.5 Å². The molecule has 18 nitrogen and oxygen atoms in total. The highest BCUT2D eigenvalue weighted by Gasteiger charge is 2.63. The van der Waals surface area contributed by atoms with Crippen molar-refractivity contribution in [1.29, 1.82) is 0 Å². The monoisotopic (exact) mass is 1920 g/mol. The van der Waals surface area contributed by atoms with Crippen LogP contribution >= 0.6 is 23.2 Å². The lowest BCUT2D eigenvalue weighted by Crippen LogP contribution is -2.62. The van der Waals surface area contributed by atoms with Crippen LogP contribution in [0, 0.1) is 52.4 Å². The van der Waals surface area contributed by atoms with Gasteiger partial charge in [0.2, 0.25) is 16.3 Å². The molecular weight excluding hydrogens is 1850 g/mol. The van der Waals surface area contributed by atoms with Crippen molar-refractivity contribution < 1.29 is 68.1 Å². The molecule has 0 bridgehead atoms. The minimum Gasteiger partial charge on any atom is -0.482 e. The van der Waals surface area contributed by atoms with Gasteiger partial charge < -0.3 is 34.3 Å². The summed E-state index contributed by atoms with van der Waals surface area (Å²) in [5, 5.41) is 3.80. The Morgan fingerprint density at radius 2 is 0.757 bits per heavy atom. The number of carbonyl (C=O) groups is 3. The van der Waals surface area contributed by atoms with Gasteiger partial charge >= 0.3 is 0 Å². The zero-order valence-corrected chi connectivity index (χ0v) is 75.7. The van der Waals surface area contributed by atoms with E-state index in [1.165, 1.54) is 92.6 Å². The Balaban J connectivity index is 0.000000116. The third kappa shape index (κ3) is 15.5. The third-order valence-electron chi connectivity index (χ3n) is 27.1. The van der Waals surface area contributed by atoms with E-state index in [0.717, 1.165) is 79.4 Å². The molecule has 0 radical (unpaired) electrons. The van der Waals surface area contributed by atoms with Crippen LogP contribution in [0.5, 0.6) is 17.2 Å². The Hall–Kier alpha value is -15.9. The quantitative estimate of drug-likeness (QED) is 0.0676. The maximum Gasteiger partial charge on any atom is 0.278 e. The smallest absolute Gasteiger partial charge is 0.278 e. The van der Waals surface area contributed by atoms with Gasteiger partial charge in [0.05, 0.1) is 4.87 Å². The van der Waals surface area contributed by atoms with Crippen molar-refractivity contribution in [2.45, 2.75) is 86.0 Å². The molecule has 15 aromatic rings. The van der Waals surface area contributed by atoms with E-state index in [9.17, 15) is 59.5 Å². The number of carbonyl (C=O) groups excluding carboxylic acids is 3. The number of halogens is 11. The third-order valence-corrected chi connectivity index (χ3v) is 28.5. The second-order valence-corrected chi connectivity index (χ2v) is 36.6. The van der Waals surface area contributed by atoms with Crippen LogP contribution in [0.1, 0.15) is 132 Å². The lowest BCUT2D eigenvalue weighted by atomic mass is 9.83. The van der Waals surface area contributed by atoms with E-state index >= 15 is 8.78 Å². The van der Waals surface area contributed by atoms with E-state index in [1.54, 1.807) is 70.0 Å². The highest BCUT2D eigenvalue weighted by molar-refractivity contribution is 6.38. The zero-order valence-electron chi connectivity index (χ0n) is 74.2. The van der Waals surface area contributed by atoms with Crippen LogP contribution < -0.4 is 45.9 Å². The van der Waals surface area contributed by atoms with Crippen molar-refractivity contribution in [3.8, 4) is 17.2 Å². The second-order valence-electron chi connectivity index (χ2n) is 35.3. The fraction of sp³-hybridized carbons (Fsp3) is 0.153. The number of fused-ring (bicyclic) bond motifs is 18. The number of ether oxygens (including phenoxy) is 3. The summed E-state index contributed by atoms with van der Waals surface area (Å²) in [6.07, 6.45) is 9.64. The van der Waals surface area contributed by atoms with Crippen LogP contribution in [0.25, 0.3) is 12.2 Å². The van der Waals surface area contributed by atoms with E-state index < -0.39 is 90.0 Å². The predicted molar refractivity (Wildman–Crippen MR) is 510 cm³/mol.